The number of carbonyl (C=O) groups excluding carboxylic acids is 2. The monoisotopic (exact) mass is 264 g/mol. The Morgan fingerprint density at radius 2 is 1.81 bits per heavy atom. The number of methoxy groups -OCH3 is 1. The number of ketones is 1. The summed E-state index contributed by atoms with van der Waals surface area (Å²) < 4.78 is 17.4. The van der Waals surface area contributed by atoms with E-state index in [4.69, 9.17) is 23.2 Å². The highest BCUT2D eigenvalue weighted by Crippen LogP contribution is 2.26. The second kappa shape index (κ2) is 5.27. The number of esters is 1. The van der Waals surface area contributed by atoms with Gasteiger partial charge in [-0.1, -0.05) is 29.3 Å². The molecule has 0 amide bonds. The fraction of sp³-hybridized carbons (Fsp3) is 0.200. The van der Waals surface area contributed by atoms with Gasteiger partial charge in [-0.3, -0.25) is 4.79 Å². The predicted octanol–water partition coefficient (Wildman–Crippen LogP) is 2.69. The topological polar surface area (TPSA) is 43.4 Å². The number of carbonyl (C=O) groups is 2. The van der Waals surface area contributed by atoms with Gasteiger partial charge in [-0.25, -0.2) is 9.18 Å². The maximum absolute atomic E-state index is 13.3. The van der Waals surface area contributed by atoms with Crippen LogP contribution in [0.1, 0.15) is 10.4 Å². The predicted molar refractivity (Wildman–Crippen MR) is 57.7 cm³/mol. The van der Waals surface area contributed by atoms with Gasteiger partial charge in [-0.15, -0.1) is 0 Å². The summed E-state index contributed by atoms with van der Waals surface area (Å²) in [6, 6.07) is 4.27. The molecule has 0 spiro atoms. The van der Waals surface area contributed by atoms with Crippen LogP contribution >= 0.6 is 23.2 Å². The minimum absolute atomic E-state index is 0.0101. The minimum Gasteiger partial charge on any atom is -0.467 e. The van der Waals surface area contributed by atoms with Crippen LogP contribution in [0.5, 0.6) is 0 Å². The van der Waals surface area contributed by atoms with Crippen molar-refractivity contribution in [2.75, 3.05) is 7.11 Å². The molecule has 1 unspecified atom stereocenters. The molecule has 0 heterocycles. The standard InChI is InChI=1S/C10H7Cl2FO3/c1-16-10(15)8(13)9(14)7-5(11)3-2-4-6(7)12/h2-4,8H,1H3. The molecule has 0 aliphatic carbocycles. The lowest BCUT2D eigenvalue weighted by Gasteiger charge is -2.08. The molecule has 86 valence electrons. The van der Waals surface area contributed by atoms with Crippen LogP contribution in [0.4, 0.5) is 4.39 Å². The fourth-order valence-electron chi connectivity index (χ4n) is 1.07. The van der Waals surface area contributed by atoms with Gasteiger partial charge in [0.05, 0.1) is 22.7 Å². The molecule has 1 aromatic rings. The Hall–Kier alpha value is -1.13. The molecule has 0 aliphatic rings. The van der Waals surface area contributed by atoms with Crippen LogP contribution in [-0.2, 0) is 9.53 Å². The van der Waals surface area contributed by atoms with E-state index in [1.807, 2.05) is 0 Å². The molecule has 3 nitrogen and oxygen atoms in total. The Bertz CT molecular complexity index is 414. The Morgan fingerprint density at radius 3 is 2.25 bits per heavy atom. The zero-order valence-electron chi connectivity index (χ0n) is 8.17. The van der Waals surface area contributed by atoms with Gasteiger partial charge in [0.25, 0.3) is 6.17 Å². The zero-order chi connectivity index (χ0) is 12.3. The van der Waals surface area contributed by atoms with Gasteiger partial charge in [0.1, 0.15) is 0 Å². The van der Waals surface area contributed by atoms with Gasteiger partial charge >= 0.3 is 5.97 Å². The summed E-state index contributed by atoms with van der Waals surface area (Å²) >= 11 is 11.4. The van der Waals surface area contributed by atoms with E-state index >= 15 is 0 Å². The molecule has 6 heteroatoms. The molecule has 0 bridgehead atoms. The van der Waals surface area contributed by atoms with Gasteiger partial charge in [-0.2, -0.15) is 0 Å². The molecule has 0 aromatic heterocycles. The van der Waals surface area contributed by atoms with Gasteiger partial charge in [0.15, 0.2) is 0 Å². The molecule has 16 heavy (non-hydrogen) atoms. The number of rotatable bonds is 3. The number of hydrogen-bond donors (Lipinski definition) is 0. The lowest BCUT2D eigenvalue weighted by atomic mass is 10.1. The van der Waals surface area contributed by atoms with Gasteiger partial charge in [0.2, 0.25) is 5.78 Å². The third kappa shape index (κ3) is 2.51. The van der Waals surface area contributed by atoms with Crippen LogP contribution < -0.4 is 0 Å². The van der Waals surface area contributed by atoms with Crippen LogP contribution in [0.15, 0.2) is 18.2 Å². The summed E-state index contributed by atoms with van der Waals surface area (Å²) in [5.74, 6) is -2.39. The van der Waals surface area contributed by atoms with E-state index < -0.39 is 17.9 Å². The first kappa shape index (κ1) is 12.9. The highest BCUT2D eigenvalue weighted by Gasteiger charge is 2.30. The molecule has 0 saturated carbocycles. The molecule has 1 atom stereocenters. The smallest absolute Gasteiger partial charge is 0.348 e. The average molecular weight is 265 g/mol. The normalized spacial score (nSPS) is 12.0. The second-order valence-electron chi connectivity index (χ2n) is 2.85. The van der Waals surface area contributed by atoms with Crippen molar-refractivity contribution >= 4 is 35.0 Å². The molecule has 0 radical (unpaired) electrons. The minimum atomic E-state index is -2.41. The Labute approximate surface area is 101 Å². The van der Waals surface area contributed by atoms with Crippen molar-refractivity contribution in [1.29, 1.82) is 0 Å². The second-order valence-corrected chi connectivity index (χ2v) is 3.66. The molecule has 0 saturated heterocycles. The molecule has 0 fully saturated rings. The first-order valence-electron chi connectivity index (χ1n) is 4.19. The maximum Gasteiger partial charge on any atom is 0.348 e. The van der Waals surface area contributed by atoms with E-state index in [1.165, 1.54) is 18.2 Å². The molecular formula is C10H7Cl2FO3. The van der Waals surface area contributed by atoms with Crippen molar-refractivity contribution in [2.24, 2.45) is 0 Å². The van der Waals surface area contributed by atoms with Gasteiger partial charge < -0.3 is 4.74 Å². The third-order valence-electron chi connectivity index (χ3n) is 1.85. The highest BCUT2D eigenvalue weighted by molar-refractivity contribution is 6.40. The van der Waals surface area contributed by atoms with Crippen LogP contribution in [0.25, 0.3) is 0 Å². The number of hydrogen-bond acceptors (Lipinski definition) is 3. The average Bonchev–Trinajstić information content (AvgIpc) is 2.26. The van der Waals surface area contributed by atoms with Crippen molar-refractivity contribution in [3.8, 4) is 0 Å². The van der Waals surface area contributed by atoms with Crippen molar-refractivity contribution < 1.29 is 18.7 Å². The summed E-state index contributed by atoms with van der Waals surface area (Å²) in [4.78, 5) is 22.4. The van der Waals surface area contributed by atoms with Crippen molar-refractivity contribution in [1.82, 2.24) is 0 Å². The van der Waals surface area contributed by atoms with E-state index in [-0.39, 0.29) is 15.6 Å². The van der Waals surface area contributed by atoms with Crippen molar-refractivity contribution in [2.45, 2.75) is 6.17 Å². The highest BCUT2D eigenvalue weighted by atomic mass is 35.5. The number of alkyl halides is 1. The lowest BCUT2D eigenvalue weighted by Crippen LogP contribution is -2.27. The quantitative estimate of drug-likeness (QED) is 0.479. The SMILES string of the molecule is COC(=O)C(F)C(=O)c1c(Cl)cccc1Cl. The Morgan fingerprint density at radius 1 is 1.31 bits per heavy atom. The van der Waals surface area contributed by atoms with Crippen LogP contribution in [0, 0.1) is 0 Å². The summed E-state index contributed by atoms with van der Waals surface area (Å²) in [5.41, 5.74) is -0.219. The Balaban J connectivity index is 3.10. The molecule has 0 aliphatic heterocycles. The van der Waals surface area contributed by atoms with Crippen molar-refractivity contribution in [3.63, 3.8) is 0 Å². The van der Waals surface area contributed by atoms with E-state index in [1.54, 1.807) is 0 Å². The van der Waals surface area contributed by atoms with Crippen LogP contribution in [-0.4, -0.2) is 25.0 Å². The lowest BCUT2D eigenvalue weighted by molar-refractivity contribution is -0.144. The molecular weight excluding hydrogens is 258 g/mol. The summed E-state index contributed by atoms with van der Waals surface area (Å²) in [5, 5.41) is -0.0203. The fourth-order valence-corrected chi connectivity index (χ4v) is 1.65. The van der Waals surface area contributed by atoms with Crippen LogP contribution in [0.2, 0.25) is 10.0 Å². The largest absolute Gasteiger partial charge is 0.467 e. The van der Waals surface area contributed by atoms with Gasteiger partial charge in [0, 0.05) is 0 Å². The van der Waals surface area contributed by atoms with Gasteiger partial charge in [-0.05, 0) is 12.1 Å². The molecule has 0 N–H and O–H groups in total. The number of halogens is 3. The zero-order valence-corrected chi connectivity index (χ0v) is 9.68. The summed E-state index contributed by atoms with van der Waals surface area (Å²) in [6.07, 6.45) is -2.41. The van der Waals surface area contributed by atoms with Crippen molar-refractivity contribution in [3.05, 3.63) is 33.8 Å². The van der Waals surface area contributed by atoms with E-state index in [2.05, 4.69) is 4.74 Å². The van der Waals surface area contributed by atoms with E-state index in [9.17, 15) is 14.0 Å². The third-order valence-corrected chi connectivity index (χ3v) is 2.48. The summed E-state index contributed by atoms with van der Waals surface area (Å²) in [6.45, 7) is 0. The van der Waals surface area contributed by atoms with Crippen LogP contribution in [0.3, 0.4) is 0 Å². The first-order chi connectivity index (χ1) is 7.49. The number of benzene rings is 1. The first-order valence-corrected chi connectivity index (χ1v) is 4.94. The number of Topliss-reactive ketones (excluding diaryl/α,β-unsaturated/α-hetero) is 1. The number of ether oxygens (including phenoxy) is 1. The summed E-state index contributed by atoms with van der Waals surface area (Å²) in [7, 11) is 0.983. The molecule has 1 aromatic carbocycles. The Kier molecular flexibility index (Phi) is 4.26. The molecule has 1 rings (SSSR count). The maximum atomic E-state index is 13.3. The van der Waals surface area contributed by atoms with E-state index in [0.29, 0.717) is 0 Å². The van der Waals surface area contributed by atoms with E-state index in [0.717, 1.165) is 7.11 Å².